The quantitative estimate of drug-likeness (QED) is 0.128. The molecular weight excluding hydrogens is 825 g/mol. The second-order valence-corrected chi connectivity index (χ2v) is 17.6. The molecule has 68 heavy (non-hydrogen) atoms. The van der Waals surface area contributed by atoms with E-state index >= 15 is 0 Å². The van der Waals surface area contributed by atoms with Gasteiger partial charge < -0.3 is 0 Å². The number of aryl methyl sites for hydroxylation is 2. The lowest BCUT2D eigenvalue weighted by molar-refractivity contribution is 1.17. The van der Waals surface area contributed by atoms with Crippen LogP contribution in [0.3, 0.4) is 0 Å². The van der Waals surface area contributed by atoms with Gasteiger partial charge in [-0.15, -0.1) is 0 Å². The monoisotopic (exact) mass is 870 g/mol. The maximum absolute atomic E-state index is 5.14. The van der Waals surface area contributed by atoms with E-state index in [-0.39, 0.29) is 0 Å². The minimum absolute atomic E-state index is 0.847. The smallest absolute Gasteiger partial charge is 0.137 e. The summed E-state index contributed by atoms with van der Waals surface area (Å²) < 4.78 is 0. The number of anilines is 6. The Hall–Kier alpha value is -8.86. The summed E-state index contributed by atoms with van der Waals surface area (Å²) >= 11 is 0. The summed E-state index contributed by atoms with van der Waals surface area (Å²) in [6.45, 7) is 4.18. The molecule has 0 radical (unpaired) electrons. The molecule has 2 heterocycles. The summed E-state index contributed by atoms with van der Waals surface area (Å²) in [6.07, 6.45) is 3.93. The van der Waals surface area contributed by atoms with Crippen LogP contribution in [-0.4, -0.2) is 9.97 Å². The molecule has 0 fully saturated rings. The maximum atomic E-state index is 5.14. The Morgan fingerprint density at radius 2 is 0.647 bits per heavy atom. The molecule has 0 aliphatic carbocycles. The van der Waals surface area contributed by atoms with Gasteiger partial charge in [-0.25, -0.2) is 9.97 Å². The molecule has 0 saturated carbocycles. The highest BCUT2D eigenvalue weighted by Gasteiger charge is 2.26. The van der Waals surface area contributed by atoms with Crippen molar-refractivity contribution in [2.24, 2.45) is 0 Å². The van der Waals surface area contributed by atoms with Crippen molar-refractivity contribution in [2.45, 2.75) is 13.8 Å². The predicted octanol–water partition coefficient (Wildman–Crippen LogP) is 17.6. The van der Waals surface area contributed by atoms with Crippen molar-refractivity contribution in [1.82, 2.24) is 9.97 Å². The molecule has 0 amide bonds. The molecule has 0 atom stereocenters. The van der Waals surface area contributed by atoms with E-state index in [9.17, 15) is 0 Å². The van der Waals surface area contributed by atoms with Crippen LogP contribution in [0.1, 0.15) is 11.1 Å². The second-order valence-electron chi connectivity index (χ2n) is 17.6. The number of pyridine rings is 2. The van der Waals surface area contributed by atoms with Crippen molar-refractivity contribution in [3.63, 3.8) is 0 Å². The largest absolute Gasteiger partial charge is 0.294 e. The average Bonchev–Trinajstić information content (AvgIpc) is 3.41. The predicted molar refractivity (Wildman–Crippen MR) is 286 cm³/mol. The minimum Gasteiger partial charge on any atom is -0.294 e. The Kier molecular flexibility index (Phi) is 10.3. The Balaban J connectivity index is 1.10. The van der Waals surface area contributed by atoms with Gasteiger partial charge in [0.15, 0.2) is 0 Å². The molecule has 12 aromatic rings. The Morgan fingerprint density at radius 3 is 1.01 bits per heavy atom. The first-order valence-electron chi connectivity index (χ1n) is 23.2. The molecule has 322 valence electrons. The van der Waals surface area contributed by atoms with Crippen LogP contribution in [0.25, 0.3) is 76.8 Å². The van der Waals surface area contributed by atoms with E-state index in [1.807, 2.05) is 12.4 Å². The number of hydrogen-bond acceptors (Lipinski definition) is 4. The molecule has 4 heteroatoms. The lowest BCUT2D eigenvalue weighted by Crippen LogP contribution is -2.14. The van der Waals surface area contributed by atoms with Crippen molar-refractivity contribution in [2.75, 3.05) is 9.80 Å². The van der Waals surface area contributed by atoms with Crippen LogP contribution in [0.15, 0.2) is 243 Å². The molecule has 0 aliphatic rings. The molecule has 0 aliphatic heterocycles. The van der Waals surface area contributed by atoms with Crippen molar-refractivity contribution >= 4 is 66.7 Å². The van der Waals surface area contributed by atoms with Crippen LogP contribution in [0.5, 0.6) is 0 Å². The third-order valence-electron chi connectivity index (χ3n) is 13.2. The van der Waals surface area contributed by atoms with Gasteiger partial charge in [-0.2, -0.15) is 0 Å². The Labute approximate surface area is 397 Å². The first-order valence-corrected chi connectivity index (χ1v) is 23.2. The maximum Gasteiger partial charge on any atom is 0.137 e. The van der Waals surface area contributed by atoms with Gasteiger partial charge in [-0.1, -0.05) is 182 Å². The zero-order chi connectivity index (χ0) is 45.6. The van der Waals surface area contributed by atoms with Crippen molar-refractivity contribution in [3.05, 3.63) is 254 Å². The van der Waals surface area contributed by atoms with Gasteiger partial charge in [0, 0.05) is 34.3 Å². The molecule has 0 spiro atoms. The standard InChI is InChI=1S/C64H46N4/c1-43-23-37-61(65-41-43)67(59-35-29-51(45-15-7-3-8-16-45)39-55(59)47-19-11-5-12-20-47)57-33-27-49-26-32-54-58(34-28-50-25-31-53(57)63(49)64(50)54)68(62-38-24-44(2)42-66-62)60-36-30-52(46-17-9-4-10-18-46)40-56(60)48-21-13-6-14-22-48/h3-42H,1-2H3. The highest BCUT2D eigenvalue weighted by atomic mass is 15.2. The number of hydrogen-bond donors (Lipinski definition) is 0. The summed E-state index contributed by atoms with van der Waals surface area (Å²) in [5, 5.41) is 7.05. The molecule has 0 unspecified atom stereocenters. The summed E-state index contributed by atoms with van der Waals surface area (Å²) in [4.78, 5) is 15.0. The Morgan fingerprint density at radius 1 is 0.294 bits per heavy atom. The van der Waals surface area contributed by atoms with E-state index in [2.05, 4.69) is 254 Å². The van der Waals surface area contributed by atoms with Gasteiger partial charge >= 0.3 is 0 Å². The number of nitrogens with zero attached hydrogens (tertiary/aromatic N) is 4. The summed E-state index contributed by atoms with van der Waals surface area (Å²) in [5.41, 5.74) is 15.6. The summed E-state index contributed by atoms with van der Waals surface area (Å²) in [7, 11) is 0. The van der Waals surface area contributed by atoms with Crippen molar-refractivity contribution in [3.8, 4) is 44.5 Å². The molecule has 0 saturated heterocycles. The first kappa shape index (κ1) is 40.6. The fraction of sp³-hybridized carbons (Fsp3) is 0.0312. The van der Waals surface area contributed by atoms with Crippen LogP contribution in [-0.2, 0) is 0 Å². The SMILES string of the molecule is Cc1ccc(N(c2ccc(-c3ccccc3)cc2-c2ccccc2)c2ccc3ccc4c(N(c5ccc(C)cn5)c5ccc(-c6ccccc6)cc5-c5ccccc5)ccc5ccc2c3c54)nc1. The molecule has 0 N–H and O–H groups in total. The molecule has 4 nitrogen and oxygen atoms in total. The fourth-order valence-electron chi connectivity index (χ4n) is 9.88. The summed E-state index contributed by atoms with van der Waals surface area (Å²) in [6, 6.07) is 83.2. The zero-order valence-electron chi connectivity index (χ0n) is 37.9. The van der Waals surface area contributed by atoms with Gasteiger partial charge in [-0.3, -0.25) is 9.80 Å². The number of benzene rings is 10. The highest BCUT2D eigenvalue weighted by molar-refractivity contribution is 6.28. The molecule has 0 bridgehead atoms. The van der Waals surface area contributed by atoms with Crippen LogP contribution in [0.2, 0.25) is 0 Å². The molecule has 12 rings (SSSR count). The van der Waals surface area contributed by atoms with Crippen LogP contribution in [0.4, 0.5) is 34.4 Å². The van der Waals surface area contributed by atoms with Crippen LogP contribution < -0.4 is 9.80 Å². The lowest BCUT2D eigenvalue weighted by Gasteiger charge is -2.30. The van der Waals surface area contributed by atoms with E-state index in [0.717, 1.165) is 89.7 Å². The van der Waals surface area contributed by atoms with Crippen molar-refractivity contribution < 1.29 is 0 Å². The van der Waals surface area contributed by atoms with Crippen LogP contribution >= 0.6 is 0 Å². The lowest BCUT2D eigenvalue weighted by atomic mass is 9.91. The van der Waals surface area contributed by atoms with Gasteiger partial charge in [0.05, 0.1) is 22.7 Å². The van der Waals surface area contributed by atoms with Gasteiger partial charge in [-0.05, 0) is 128 Å². The molecule has 2 aromatic heterocycles. The second kappa shape index (κ2) is 17.2. The van der Waals surface area contributed by atoms with Crippen molar-refractivity contribution in [1.29, 1.82) is 0 Å². The normalized spacial score (nSPS) is 11.4. The fourth-order valence-corrected chi connectivity index (χ4v) is 9.88. The molecule has 10 aromatic carbocycles. The minimum atomic E-state index is 0.847. The third-order valence-corrected chi connectivity index (χ3v) is 13.2. The van der Waals surface area contributed by atoms with E-state index in [4.69, 9.17) is 9.97 Å². The Bertz CT molecular complexity index is 3470. The third kappa shape index (κ3) is 7.29. The molecular formula is C64H46N4. The zero-order valence-corrected chi connectivity index (χ0v) is 37.9. The van der Waals surface area contributed by atoms with Gasteiger partial charge in [0.1, 0.15) is 11.6 Å². The number of aromatic nitrogens is 2. The topological polar surface area (TPSA) is 32.3 Å². The van der Waals surface area contributed by atoms with E-state index in [1.54, 1.807) is 0 Å². The van der Waals surface area contributed by atoms with E-state index in [0.29, 0.717) is 0 Å². The van der Waals surface area contributed by atoms with Crippen LogP contribution in [0, 0.1) is 13.8 Å². The average molecular weight is 871 g/mol. The summed E-state index contributed by atoms with van der Waals surface area (Å²) in [5.74, 6) is 1.69. The van der Waals surface area contributed by atoms with Gasteiger partial charge in [0.2, 0.25) is 0 Å². The first-order chi connectivity index (χ1) is 33.6. The number of rotatable bonds is 10. The highest BCUT2D eigenvalue weighted by Crippen LogP contribution is 2.50. The van der Waals surface area contributed by atoms with E-state index in [1.165, 1.54) is 32.7 Å². The van der Waals surface area contributed by atoms with Gasteiger partial charge in [0.25, 0.3) is 0 Å². The van der Waals surface area contributed by atoms with E-state index < -0.39 is 0 Å².